The second kappa shape index (κ2) is 7.01. The highest BCUT2D eigenvalue weighted by molar-refractivity contribution is 8.45. The van der Waals surface area contributed by atoms with E-state index in [0.717, 1.165) is 18.3 Å². The topological polar surface area (TPSA) is 47.0 Å². The molecule has 0 bridgehead atoms. The van der Waals surface area contributed by atoms with Gasteiger partial charge in [-0.25, -0.2) is 18.7 Å². The average molecular weight is 467 g/mol. The fraction of sp³-hybridized carbons (Fsp3) is 0.158. The molecule has 31 heavy (non-hydrogen) atoms. The van der Waals surface area contributed by atoms with Crippen LogP contribution < -0.4 is 10.1 Å². The lowest BCUT2D eigenvalue weighted by Gasteiger charge is -2.41. The third-order valence-electron chi connectivity index (χ3n) is 4.24. The van der Waals surface area contributed by atoms with E-state index in [2.05, 4.69) is 15.3 Å². The molecular weight excluding hydrogens is 451 g/mol. The quantitative estimate of drug-likeness (QED) is 0.384. The van der Waals surface area contributed by atoms with Gasteiger partial charge in [-0.05, 0) is 42.3 Å². The molecule has 0 unspecified atom stereocenters. The first kappa shape index (κ1) is 22.7. The van der Waals surface area contributed by atoms with E-state index >= 15 is 0 Å². The average Bonchev–Trinajstić information content (AvgIpc) is 2.67. The smallest absolute Gasteiger partial charge is 0.310 e. The van der Waals surface area contributed by atoms with E-state index in [-0.39, 0.29) is 46.7 Å². The van der Waals surface area contributed by atoms with Gasteiger partial charge < -0.3 is 10.1 Å². The molecule has 0 aliphatic carbocycles. The standard InChI is InChI=1S/C19H16F7N3OS/c1-3-11-6-13(9-14(7-11)31(22,23,24,25)26)28-19-27-10-16(21)18(29-19)15-5-4-12(20)8-17(15)30-2/h4-10H,3H2,1-2H3,(H,27,28,29). The molecule has 2 aromatic carbocycles. The summed E-state index contributed by atoms with van der Waals surface area (Å²) in [6, 6.07) is 5.08. The molecule has 4 nitrogen and oxygen atoms in total. The molecule has 3 aromatic rings. The number of hydrogen-bond donors (Lipinski definition) is 1. The highest BCUT2D eigenvalue weighted by Crippen LogP contribution is 3.02. The Kier molecular flexibility index (Phi) is 5.12. The molecule has 0 aliphatic rings. The lowest BCUT2D eigenvalue weighted by Crippen LogP contribution is -2.08. The Morgan fingerprint density at radius 1 is 1.00 bits per heavy atom. The van der Waals surface area contributed by atoms with Gasteiger partial charge in [0.15, 0.2) is 5.82 Å². The van der Waals surface area contributed by atoms with Crippen LogP contribution >= 0.6 is 10.2 Å². The minimum Gasteiger partial charge on any atom is -0.496 e. The summed E-state index contributed by atoms with van der Waals surface area (Å²) in [5, 5.41) is 2.39. The number of halogens is 7. The number of ether oxygens (including phenoxy) is 1. The zero-order valence-electron chi connectivity index (χ0n) is 16.1. The maximum Gasteiger partial charge on any atom is 0.310 e. The van der Waals surface area contributed by atoms with Crippen molar-refractivity contribution in [3.05, 3.63) is 59.8 Å². The number of aryl methyl sites for hydroxylation is 1. The molecule has 1 heterocycles. The van der Waals surface area contributed by atoms with Gasteiger partial charge in [-0.3, -0.25) is 0 Å². The molecule has 1 N–H and O–H groups in total. The molecule has 0 spiro atoms. The fourth-order valence-corrected chi connectivity index (χ4v) is 3.49. The van der Waals surface area contributed by atoms with Crippen molar-refractivity contribution in [2.45, 2.75) is 18.2 Å². The van der Waals surface area contributed by atoms with Crippen LogP contribution in [0.4, 0.5) is 39.8 Å². The van der Waals surface area contributed by atoms with Crippen molar-refractivity contribution in [2.24, 2.45) is 0 Å². The van der Waals surface area contributed by atoms with Crippen LogP contribution in [0, 0.1) is 11.6 Å². The first-order valence-corrected chi connectivity index (χ1v) is 10.7. The maximum absolute atomic E-state index is 14.3. The second-order valence-corrected chi connectivity index (χ2v) is 8.96. The van der Waals surface area contributed by atoms with Crippen LogP contribution in [0.1, 0.15) is 12.5 Å². The number of benzene rings is 2. The Morgan fingerprint density at radius 2 is 1.71 bits per heavy atom. The molecule has 0 aliphatic heterocycles. The molecule has 3 rings (SSSR count). The van der Waals surface area contributed by atoms with Crippen molar-refractivity contribution < 1.29 is 32.9 Å². The molecule has 0 radical (unpaired) electrons. The van der Waals surface area contributed by atoms with Gasteiger partial charge in [-0.15, -0.1) is 0 Å². The van der Waals surface area contributed by atoms with Gasteiger partial charge in [0.05, 0.1) is 13.3 Å². The molecular formula is C19H16F7N3OS. The van der Waals surface area contributed by atoms with Crippen molar-refractivity contribution in [2.75, 3.05) is 12.4 Å². The van der Waals surface area contributed by atoms with Gasteiger partial charge in [0.25, 0.3) is 0 Å². The highest BCUT2D eigenvalue weighted by Gasteiger charge is 2.65. The summed E-state index contributed by atoms with van der Waals surface area (Å²) < 4.78 is 99.1. The van der Waals surface area contributed by atoms with Gasteiger partial charge in [-0.2, -0.15) is 0 Å². The van der Waals surface area contributed by atoms with E-state index in [1.54, 1.807) is 0 Å². The minimum absolute atomic E-state index is 0.00390. The van der Waals surface area contributed by atoms with Crippen molar-refractivity contribution in [1.82, 2.24) is 9.97 Å². The van der Waals surface area contributed by atoms with Crippen molar-refractivity contribution in [1.29, 1.82) is 0 Å². The maximum atomic E-state index is 14.3. The third-order valence-corrected chi connectivity index (χ3v) is 5.37. The first-order chi connectivity index (χ1) is 14.2. The lowest BCUT2D eigenvalue weighted by atomic mass is 10.1. The Bertz CT molecular complexity index is 1150. The highest BCUT2D eigenvalue weighted by atomic mass is 32.5. The van der Waals surface area contributed by atoms with Gasteiger partial charge in [0, 0.05) is 17.3 Å². The molecule has 168 valence electrons. The summed E-state index contributed by atoms with van der Waals surface area (Å²) >= 11 is 0. The predicted molar refractivity (Wildman–Crippen MR) is 104 cm³/mol. The lowest BCUT2D eigenvalue weighted by molar-refractivity contribution is 0.364. The van der Waals surface area contributed by atoms with Crippen LogP contribution in [0.2, 0.25) is 0 Å². The fourth-order valence-electron chi connectivity index (χ4n) is 2.77. The molecule has 12 heteroatoms. The number of aromatic nitrogens is 2. The molecule has 0 saturated heterocycles. The normalized spacial score (nSPS) is 14.0. The summed E-state index contributed by atoms with van der Waals surface area (Å²) in [5.74, 6) is -1.96. The van der Waals surface area contributed by atoms with Crippen LogP contribution in [0.3, 0.4) is 0 Å². The summed E-state index contributed by atoms with van der Waals surface area (Å²) in [6.45, 7) is 1.50. The van der Waals surface area contributed by atoms with E-state index in [1.807, 2.05) is 0 Å². The van der Waals surface area contributed by atoms with E-state index in [0.29, 0.717) is 6.07 Å². The number of nitrogens with one attached hydrogen (secondary N) is 1. The Labute approximate surface area is 172 Å². The summed E-state index contributed by atoms with van der Waals surface area (Å²) in [5.41, 5.74) is -0.627. The van der Waals surface area contributed by atoms with E-state index < -0.39 is 26.8 Å². The van der Waals surface area contributed by atoms with E-state index in [4.69, 9.17) is 4.74 Å². The largest absolute Gasteiger partial charge is 0.496 e. The van der Waals surface area contributed by atoms with Crippen LogP contribution in [-0.2, 0) is 6.42 Å². The zero-order valence-corrected chi connectivity index (χ0v) is 16.9. The van der Waals surface area contributed by atoms with Crippen LogP contribution in [0.5, 0.6) is 5.75 Å². The molecule has 0 amide bonds. The number of methoxy groups -OCH3 is 1. The number of nitrogens with zero attached hydrogens (tertiary/aromatic N) is 2. The van der Waals surface area contributed by atoms with Crippen LogP contribution in [0.15, 0.2) is 47.5 Å². The molecule has 0 atom stereocenters. The summed E-state index contributed by atoms with van der Waals surface area (Å²) in [7, 11) is -8.70. The van der Waals surface area contributed by atoms with Crippen LogP contribution in [0.25, 0.3) is 11.3 Å². The molecule has 1 aromatic heterocycles. The van der Waals surface area contributed by atoms with Crippen molar-refractivity contribution in [3.8, 4) is 17.0 Å². The van der Waals surface area contributed by atoms with Gasteiger partial charge in [0.1, 0.15) is 22.2 Å². The zero-order chi connectivity index (χ0) is 23.1. The number of rotatable bonds is 6. The van der Waals surface area contributed by atoms with Crippen molar-refractivity contribution in [3.63, 3.8) is 0 Å². The summed E-state index contributed by atoms with van der Waals surface area (Å²) in [6.07, 6.45) is 0.793. The Balaban J connectivity index is 2.07. The first-order valence-electron chi connectivity index (χ1n) is 8.71. The third kappa shape index (κ3) is 5.19. The predicted octanol–water partition coefficient (Wildman–Crippen LogP) is 7.39. The monoisotopic (exact) mass is 467 g/mol. The number of anilines is 2. The van der Waals surface area contributed by atoms with Crippen molar-refractivity contribution >= 4 is 21.9 Å². The SMILES string of the molecule is CCc1cc(Nc2ncc(F)c(-c3ccc(F)cc3OC)n2)cc(S(F)(F)(F)(F)F)c1. The Morgan fingerprint density at radius 3 is 2.32 bits per heavy atom. The van der Waals surface area contributed by atoms with E-state index in [1.165, 1.54) is 26.2 Å². The van der Waals surface area contributed by atoms with Gasteiger partial charge in [-0.1, -0.05) is 26.4 Å². The Hall–Kier alpha value is -3.02. The molecule has 0 fully saturated rings. The van der Waals surface area contributed by atoms with Gasteiger partial charge >= 0.3 is 10.2 Å². The summed E-state index contributed by atoms with van der Waals surface area (Å²) in [4.78, 5) is 5.48. The second-order valence-electron chi connectivity index (χ2n) is 6.55. The minimum atomic E-state index is -9.93. The van der Waals surface area contributed by atoms with Crippen LogP contribution in [-0.4, -0.2) is 17.1 Å². The van der Waals surface area contributed by atoms with Gasteiger partial charge in [0.2, 0.25) is 5.95 Å². The molecule has 0 saturated carbocycles. The van der Waals surface area contributed by atoms with E-state index in [9.17, 15) is 28.2 Å². The number of hydrogen-bond acceptors (Lipinski definition) is 4.